The van der Waals surface area contributed by atoms with E-state index in [2.05, 4.69) is 29.2 Å². The van der Waals surface area contributed by atoms with Crippen LogP contribution in [0, 0.1) is 5.41 Å². The number of benzene rings is 1. The molecule has 1 aromatic rings. The number of hydrogen-bond acceptors (Lipinski definition) is 2. The summed E-state index contributed by atoms with van der Waals surface area (Å²) in [5.74, 6) is 0.572. The first-order chi connectivity index (χ1) is 9.27. The number of Topliss-reactive ketones (excluding diaryl/α,β-unsaturated/α-hetero) is 1. The molecule has 0 N–H and O–H groups in total. The molecule has 2 aliphatic carbocycles. The van der Waals surface area contributed by atoms with E-state index < -0.39 is 0 Å². The summed E-state index contributed by atoms with van der Waals surface area (Å²) in [5.41, 5.74) is 3.28. The molecule has 98 valence electrons. The minimum atomic E-state index is 0.0930. The molecule has 19 heavy (non-hydrogen) atoms. The van der Waals surface area contributed by atoms with Crippen LogP contribution in [-0.2, 0) is 11.2 Å². The van der Waals surface area contributed by atoms with Gasteiger partial charge in [0.25, 0.3) is 0 Å². The Morgan fingerprint density at radius 2 is 1.89 bits per heavy atom. The molecule has 2 spiro atoms. The summed E-state index contributed by atoms with van der Waals surface area (Å²) < 4.78 is 0. The standard InChI is InChI=1S/C17H19NO/c19-15-11-14-13-4-2-1-3-12(13)5-10-18(14)17(8-9-17)16(15)6-7-16/h1-4,14H,5-11H2. The summed E-state index contributed by atoms with van der Waals surface area (Å²) in [6.45, 7) is 1.16. The molecule has 3 fully saturated rings. The number of carbonyl (C=O) groups is 1. The molecule has 5 rings (SSSR count). The highest BCUT2D eigenvalue weighted by Gasteiger charge is 2.74. The van der Waals surface area contributed by atoms with Gasteiger partial charge in [0.2, 0.25) is 0 Å². The lowest BCUT2D eigenvalue weighted by molar-refractivity contribution is -0.136. The van der Waals surface area contributed by atoms with Gasteiger partial charge in [-0.25, -0.2) is 0 Å². The summed E-state index contributed by atoms with van der Waals surface area (Å²) in [6.07, 6.45) is 6.78. The van der Waals surface area contributed by atoms with Crippen LogP contribution in [0.3, 0.4) is 0 Å². The van der Waals surface area contributed by atoms with Gasteiger partial charge in [0.15, 0.2) is 0 Å². The Kier molecular flexibility index (Phi) is 1.74. The van der Waals surface area contributed by atoms with Crippen molar-refractivity contribution in [3.63, 3.8) is 0 Å². The summed E-state index contributed by atoms with van der Waals surface area (Å²) >= 11 is 0. The molecule has 2 aliphatic heterocycles. The van der Waals surface area contributed by atoms with Crippen molar-refractivity contribution in [2.75, 3.05) is 6.54 Å². The SMILES string of the molecule is O=C1CC2c3ccccc3CCN2C2(CC2)C12CC2. The molecule has 1 saturated heterocycles. The molecule has 0 bridgehead atoms. The maximum Gasteiger partial charge on any atom is 0.142 e. The van der Waals surface area contributed by atoms with Crippen LogP contribution in [0.5, 0.6) is 0 Å². The minimum absolute atomic E-state index is 0.0930. The number of fused-ring (bicyclic) bond motifs is 5. The zero-order valence-corrected chi connectivity index (χ0v) is 11.2. The number of rotatable bonds is 0. The Balaban J connectivity index is 1.64. The van der Waals surface area contributed by atoms with E-state index in [-0.39, 0.29) is 11.0 Å². The average molecular weight is 253 g/mol. The van der Waals surface area contributed by atoms with Gasteiger partial charge in [-0.1, -0.05) is 24.3 Å². The van der Waals surface area contributed by atoms with Crippen molar-refractivity contribution in [3.8, 4) is 0 Å². The fraction of sp³-hybridized carbons (Fsp3) is 0.588. The topological polar surface area (TPSA) is 20.3 Å². The smallest absolute Gasteiger partial charge is 0.142 e. The molecule has 0 radical (unpaired) electrons. The molecule has 1 unspecified atom stereocenters. The van der Waals surface area contributed by atoms with Crippen LogP contribution in [0.4, 0.5) is 0 Å². The van der Waals surface area contributed by atoms with Crippen LogP contribution in [0.1, 0.15) is 49.3 Å². The second-order valence-corrected chi connectivity index (χ2v) is 6.90. The van der Waals surface area contributed by atoms with Crippen LogP contribution in [0.25, 0.3) is 0 Å². The van der Waals surface area contributed by atoms with Gasteiger partial charge in [0.05, 0.1) is 0 Å². The van der Waals surface area contributed by atoms with E-state index in [0.29, 0.717) is 11.8 Å². The molecule has 2 heteroatoms. The first kappa shape index (κ1) is 10.6. The Bertz CT molecular complexity index is 583. The van der Waals surface area contributed by atoms with E-state index in [0.717, 1.165) is 25.8 Å². The molecule has 2 heterocycles. The van der Waals surface area contributed by atoms with Crippen molar-refractivity contribution in [3.05, 3.63) is 35.4 Å². The van der Waals surface area contributed by atoms with Crippen LogP contribution >= 0.6 is 0 Å². The van der Waals surface area contributed by atoms with E-state index in [9.17, 15) is 4.79 Å². The van der Waals surface area contributed by atoms with Gasteiger partial charge >= 0.3 is 0 Å². The van der Waals surface area contributed by atoms with Gasteiger partial charge in [-0.05, 0) is 43.2 Å². The molecule has 1 aromatic carbocycles. The highest BCUT2D eigenvalue weighted by molar-refractivity contribution is 5.91. The number of nitrogens with zero attached hydrogens (tertiary/aromatic N) is 1. The van der Waals surface area contributed by atoms with Crippen LogP contribution in [0.15, 0.2) is 24.3 Å². The molecule has 2 saturated carbocycles. The zero-order valence-electron chi connectivity index (χ0n) is 11.2. The van der Waals surface area contributed by atoms with Gasteiger partial charge in [-0.2, -0.15) is 0 Å². The lowest BCUT2D eigenvalue weighted by Crippen LogP contribution is -2.56. The normalized spacial score (nSPS) is 33.1. The first-order valence-electron chi connectivity index (χ1n) is 7.65. The van der Waals surface area contributed by atoms with Crippen molar-refractivity contribution in [2.24, 2.45) is 5.41 Å². The van der Waals surface area contributed by atoms with E-state index in [4.69, 9.17) is 0 Å². The maximum absolute atomic E-state index is 12.7. The number of ketones is 1. The summed E-state index contributed by atoms with van der Waals surface area (Å²) in [7, 11) is 0. The zero-order chi connectivity index (χ0) is 12.7. The Morgan fingerprint density at radius 3 is 2.63 bits per heavy atom. The van der Waals surface area contributed by atoms with E-state index in [1.807, 2.05) is 0 Å². The average Bonchev–Trinajstić information content (AvgIpc) is 3.30. The Morgan fingerprint density at radius 1 is 1.11 bits per heavy atom. The lowest BCUT2D eigenvalue weighted by atomic mass is 9.74. The maximum atomic E-state index is 12.7. The number of carbonyl (C=O) groups excluding carboxylic acids is 1. The van der Waals surface area contributed by atoms with Gasteiger partial charge in [-0.15, -0.1) is 0 Å². The van der Waals surface area contributed by atoms with E-state index in [1.165, 1.54) is 30.4 Å². The third-order valence-electron chi connectivity index (χ3n) is 6.24. The highest BCUT2D eigenvalue weighted by Crippen LogP contribution is 2.71. The second-order valence-electron chi connectivity index (χ2n) is 6.90. The first-order valence-corrected chi connectivity index (χ1v) is 7.65. The van der Waals surface area contributed by atoms with Crippen molar-refractivity contribution < 1.29 is 4.79 Å². The predicted molar refractivity (Wildman–Crippen MR) is 72.8 cm³/mol. The minimum Gasteiger partial charge on any atom is -0.299 e. The molecule has 1 atom stereocenters. The van der Waals surface area contributed by atoms with Crippen LogP contribution < -0.4 is 0 Å². The molecule has 0 amide bonds. The Labute approximate surface area is 113 Å². The van der Waals surface area contributed by atoms with Crippen molar-refractivity contribution >= 4 is 5.78 Å². The molecular weight excluding hydrogens is 234 g/mol. The predicted octanol–water partition coefficient (Wildman–Crippen LogP) is 2.87. The van der Waals surface area contributed by atoms with Crippen molar-refractivity contribution in [2.45, 2.75) is 50.1 Å². The summed E-state index contributed by atoms with van der Waals surface area (Å²) in [5, 5.41) is 0. The fourth-order valence-electron chi connectivity index (χ4n) is 5.04. The quantitative estimate of drug-likeness (QED) is 0.708. The molecule has 2 nitrogen and oxygen atoms in total. The summed E-state index contributed by atoms with van der Waals surface area (Å²) in [6, 6.07) is 9.15. The summed E-state index contributed by atoms with van der Waals surface area (Å²) in [4.78, 5) is 15.4. The highest BCUT2D eigenvalue weighted by atomic mass is 16.1. The monoisotopic (exact) mass is 253 g/mol. The molecular formula is C17H19NO. The lowest BCUT2D eigenvalue weighted by Gasteiger charge is -2.50. The Hall–Kier alpha value is -1.15. The third-order valence-corrected chi connectivity index (χ3v) is 6.24. The van der Waals surface area contributed by atoms with Gasteiger partial charge < -0.3 is 0 Å². The number of hydrogen-bond donors (Lipinski definition) is 0. The van der Waals surface area contributed by atoms with Crippen molar-refractivity contribution in [1.82, 2.24) is 4.90 Å². The third kappa shape index (κ3) is 1.11. The van der Waals surface area contributed by atoms with Crippen molar-refractivity contribution in [1.29, 1.82) is 0 Å². The fourth-order valence-corrected chi connectivity index (χ4v) is 5.04. The van der Waals surface area contributed by atoms with Gasteiger partial charge in [0.1, 0.15) is 5.78 Å². The van der Waals surface area contributed by atoms with Gasteiger partial charge in [-0.3, -0.25) is 9.69 Å². The largest absolute Gasteiger partial charge is 0.299 e. The van der Waals surface area contributed by atoms with Gasteiger partial charge in [0, 0.05) is 30.0 Å². The van der Waals surface area contributed by atoms with Crippen LogP contribution in [-0.4, -0.2) is 22.8 Å². The second kappa shape index (κ2) is 3.12. The van der Waals surface area contributed by atoms with Crippen LogP contribution in [0.2, 0.25) is 0 Å². The molecule has 4 aliphatic rings. The van der Waals surface area contributed by atoms with E-state index >= 15 is 0 Å². The number of piperidine rings is 1. The molecule has 0 aromatic heterocycles. The van der Waals surface area contributed by atoms with E-state index in [1.54, 1.807) is 0 Å².